The summed E-state index contributed by atoms with van der Waals surface area (Å²) in [6, 6.07) is 0. The van der Waals surface area contributed by atoms with E-state index >= 15 is 0 Å². The Hall–Kier alpha value is 0. The first-order chi connectivity index (χ1) is 9.45. The summed E-state index contributed by atoms with van der Waals surface area (Å²) in [6.07, 6.45) is 25.9. The molecule has 3 fully saturated rings. The molecule has 0 aromatic carbocycles. The van der Waals surface area contributed by atoms with E-state index in [1.54, 1.807) is 25.7 Å². The van der Waals surface area contributed by atoms with Gasteiger partial charge >= 0.3 is 0 Å². The molecule has 0 atom stereocenters. The molecule has 3 aliphatic rings. The minimum Gasteiger partial charge on any atom is -0.0533 e. The van der Waals surface area contributed by atoms with Crippen LogP contribution in [0.15, 0.2) is 0 Å². The van der Waals surface area contributed by atoms with Crippen LogP contribution < -0.4 is 0 Å². The lowest BCUT2D eigenvalue weighted by Crippen LogP contribution is -2.23. The van der Waals surface area contributed by atoms with Crippen molar-refractivity contribution in [2.24, 2.45) is 11.8 Å². The SMILES string of the molecule is C1CCCCCCCC2CC(CCCCCCC1)C2. The predicted octanol–water partition coefficient (Wildman–Crippen LogP) is 6.88. The maximum atomic E-state index is 1.58. The lowest BCUT2D eigenvalue weighted by atomic mass is 9.70. The molecule has 0 nitrogen and oxygen atoms in total. The molecule has 0 heterocycles. The third kappa shape index (κ3) is 6.82. The minimum absolute atomic E-state index is 1.13. The molecule has 0 aromatic rings. The molecule has 0 radical (unpaired) electrons. The molecule has 0 aliphatic heterocycles. The molecular weight excluding hydrogens is 228 g/mol. The molecule has 3 saturated carbocycles. The molecular formula is C19H36. The summed E-state index contributed by atoms with van der Waals surface area (Å²) < 4.78 is 0. The van der Waals surface area contributed by atoms with E-state index in [1.165, 1.54) is 83.5 Å². The summed E-state index contributed by atoms with van der Waals surface area (Å²) in [7, 11) is 0. The van der Waals surface area contributed by atoms with E-state index in [0.29, 0.717) is 0 Å². The highest BCUT2D eigenvalue weighted by Crippen LogP contribution is 2.40. The number of rotatable bonds is 0. The second kappa shape index (κ2) is 9.83. The van der Waals surface area contributed by atoms with Gasteiger partial charge in [0.15, 0.2) is 0 Å². The van der Waals surface area contributed by atoms with Gasteiger partial charge in [-0.2, -0.15) is 0 Å². The van der Waals surface area contributed by atoms with Crippen LogP contribution in [0.2, 0.25) is 0 Å². The first-order valence-corrected chi connectivity index (χ1v) is 9.45. The minimum atomic E-state index is 1.13. The molecule has 3 rings (SSSR count). The van der Waals surface area contributed by atoms with Gasteiger partial charge in [0.25, 0.3) is 0 Å². The summed E-state index contributed by atoms with van der Waals surface area (Å²) in [5.74, 6) is 2.26. The van der Waals surface area contributed by atoms with Crippen molar-refractivity contribution in [1.82, 2.24) is 0 Å². The van der Waals surface area contributed by atoms with Gasteiger partial charge in [0.2, 0.25) is 0 Å². The molecule has 0 saturated heterocycles. The Labute approximate surface area is 121 Å². The van der Waals surface area contributed by atoms with E-state index in [2.05, 4.69) is 0 Å². The van der Waals surface area contributed by atoms with Gasteiger partial charge in [0.05, 0.1) is 0 Å². The van der Waals surface area contributed by atoms with Gasteiger partial charge in [-0.05, 0) is 24.7 Å². The summed E-state index contributed by atoms with van der Waals surface area (Å²) in [6.45, 7) is 0. The monoisotopic (exact) mass is 264 g/mol. The highest BCUT2D eigenvalue weighted by molar-refractivity contribution is 4.79. The fourth-order valence-electron chi connectivity index (χ4n) is 4.16. The van der Waals surface area contributed by atoms with E-state index < -0.39 is 0 Å². The van der Waals surface area contributed by atoms with Gasteiger partial charge in [-0.15, -0.1) is 0 Å². The Kier molecular flexibility index (Phi) is 7.97. The first-order valence-electron chi connectivity index (χ1n) is 9.45. The summed E-state index contributed by atoms with van der Waals surface area (Å²) in [5, 5.41) is 0. The van der Waals surface area contributed by atoms with E-state index in [1.807, 2.05) is 0 Å². The number of hydrogen-bond donors (Lipinski definition) is 0. The fraction of sp³-hybridized carbons (Fsp3) is 1.00. The van der Waals surface area contributed by atoms with E-state index in [9.17, 15) is 0 Å². The first kappa shape index (κ1) is 15.4. The Bertz CT molecular complexity index is 177. The molecule has 19 heavy (non-hydrogen) atoms. The van der Waals surface area contributed by atoms with Crippen molar-refractivity contribution in [3.63, 3.8) is 0 Å². The zero-order valence-corrected chi connectivity index (χ0v) is 13.2. The van der Waals surface area contributed by atoms with Crippen molar-refractivity contribution in [3.05, 3.63) is 0 Å². The maximum Gasteiger partial charge on any atom is -0.0409 e. The highest BCUT2D eigenvalue weighted by atomic mass is 14.3. The second-order valence-corrected chi connectivity index (χ2v) is 7.38. The van der Waals surface area contributed by atoms with Gasteiger partial charge in [-0.3, -0.25) is 0 Å². The Balaban J connectivity index is 1.56. The quantitative estimate of drug-likeness (QED) is 0.447. The van der Waals surface area contributed by atoms with Crippen molar-refractivity contribution in [2.45, 2.75) is 109 Å². The molecule has 0 aromatic heterocycles. The molecule has 0 N–H and O–H groups in total. The lowest BCUT2D eigenvalue weighted by Gasteiger charge is -2.35. The van der Waals surface area contributed by atoms with Crippen LogP contribution in [0.5, 0.6) is 0 Å². The van der Waals surface area contributed by atoms with Crippen LogP contribution in [0.25, 0.3) is 0 Å². The van der Waals surface area contributed by atoms with Crippen molar-refractivity contribution < 1.29 is 0 Å². The van der Waals surface area contributed by atoms with Crippen LogP contribution in [-0.2, 0) is 0 Å². The van der Waals surface area contributed by atoms with Crippen LogP contribution in [-0.4, -0.2) is 0 Å². The molecule has 112 valence electrons. The average Bonchev–Trinajstić information content (AvgIpc) is 2.37. The van der Waals surface area contributed by atoms with Crippen molar-refractivity contribution >= 4 is 0 Å². The second-order valence-electron chi connectivity index (χ2n) is 7.38. The Morgan fingerprint density at radius 3 is 0.895 bits per heavy atom. The summed E-state index contributed by atoms with van der Waals surface area (Å²) in [5.41, 5.74) is 0. The average molecular weight is 264 g/mol. The van der Waals surface area contributed by atoms with Crippen LogP contribution in [0, 0.1) is 11.8 Å². The summed E-state index contributed by atoms with van der Waals surface area (Å²) >= 11 is 0. The Morgan fingerprint density at radius 2 is 0.579 bits per heavy atom. The van der Waals surface area contributed by atoms with E-state index in [0.717, 1.165) is 11.8 Å². The Morgan fingerprint density at radius 1 is 0.316 bits per heavy atom. The van der Waals surface area contributed by atoms with Gasteiger partial charge in [0.1, 0.15) is 0 Å². The topological polar surface area (TPSA) is 0 Å². The fourth-order valence-corrected chi connectivity index (χ4v) is 4.16. The standard InChI is InChI=1S/C19H36/c1-2-4-6-8-10-12-14-18-16-19(17-18)15-13-11-9-7-5-3-1/h18-19H,1-17H2. The van der Waals surface area contributed by atoms with E-state index in [4.69, 9.17) is 0 Å². The van der Waals surface area contributed by atoms with Crippen LogP contribution in [0.1, 0.15) is 109 Å². The number of fused-ring (bicyclic) bond motifs is 14. The number of hydrogen-bond acceptors (Lipinski definition) is 0. The molecule has 2 bridgehead atoms. The zero-order chi connectivity index (χ0) is 13.2. The molecule has 0 spiro atoms. The van der Waals surface area contributed by atoms with E-state index in [-0.39, 0.29) is 0 Å². The zero-order valence-electron chi connectivity index (χ0n) is 13.2. The van der Waals surface area contributed by atoms with Gasteiger partial charge in [0, 0.05) is 0 Å². The molecule has 0 amide bonds. The molecule has 0 unspecified atom stereocenters. The van der Waals surface area contributed by atoms with Crippen molar-refractivity contribution in [3.8, 4) is 0 Å². The normalized spacial score (nSPS) is 32.8. The van der Waals surface area contributed by atoms with Crippen molar-refractivity contribution in [2.75, 3.05) is 0 Å². The van der Waals surface area contributed by atoms with Gasteiger partial charge in [-0.25, -0.2) is 0 Å². The van der Waals surface area contributed by atoms with Crippen molar-refractivity contribution in [1.29, 1.82) is 0 Å². The van der Waals surface area contributed by atoms with Crippen LogP contribution >= 0.6 is 0 Å². The highest BCUT2D eigenvalue weighted by Gasteiger charge is 2.27. The van der Waals surface area contributed by atoms with Gasteiger partial charge in [-0.1, -0.05) is 96.3 Å². The predicted molar refractivity (Wildman–Crippen MR) is 85.5 cm³/mol. The molecule has 0 heteroatoms. The largest absolute Gasteiger partial charge is 0.0533 e. The third-order valence-electron chi connectivity index (χ3n) is 5.56. The smallest absolute Gasteiger partial charge is 0.0409 e. The van der Waals surface area contributed by atoms with Gasteiger partial charge < -0.3 is 0 Å². The summed E-state index contributed by atoms with van der Waals surface area (Å²) in [4.78, 5) is 0. The van der Waals surface area contributed by atoms with Crippen LogP contribution in [0.3, 0.4) is 0 Å². The third-order valence-corrected chi connectivity index (χ3v) is 5.56. The van der Waals surface area contributed by atoms with Crippen LogP contribution in [0.4, 0.5) is 0 Å². The molecule has 3 aliphatic carbocycles. The lowest BCUT2D eigenvalue weighted by molar-refractivity contribution is 0.163. The maximum absolute atomic E-state index is 1.58.